The molecule has 2 rings (SSSR count). The van der Waals surface area contributed by atoms with Crippen LogP contribution in [0.1, 0.15) is 49.2 Å². The summed E-state index contributed by atoms with van der Waals surface area (Å²) in [4.78, 5) is 18.7. The third-order valence-corrected chi connectivity index (χ3v) is 4.16. The molecule has 1 atom stereocenters. The molecule has 0 saturated carbocycles. The Balaban J connectivity index is 2.07. The van der Waals surface area contributed by atoms with E-state index in [1.807, 2.05) is 17.9 Å². The van der Waals surface area contributed by atoms with Gasteiger partial charge in [-0.05, 0) is 44.2 Å². The molecule has 5 nitrogen and oxygen atoms in total. The maximum atomic E-state index is 12.6. The number of rotatable bonds is 4. The van der Waals surface area contributed by atoms with Crippen LogP contribution in [0.4, 0.5) is 5.82 Å². The fourth-order valence-electron chi connectivity index (χ4n) is 2.89. The van der Waals surface area contributed by atoms with Crippen molar-refractivity contribution in [2.45, 2.75) is 45.6 Å². The molecule has 0 aliphatic carbocycles. The smallest absolute Gasteiger partial charge is 0.254 e. The Bertz CT molecular complexity index is 494. The molecule has 116 valence electrons. The molecule has 21 heavy (non-hydrogen) atoms. The third-order valence-electron chi connectivity index (χ3n) is 4.16. The quantitative estimate of drug-likeness (QED) is 0.887. The number of nitrogens with two attached hydrogens (primary N) is 1. The van der Waals surface area contributed by atoms with Crippen molar-refractivity contribution < 1.29 is 9.90 Å². The number of hydrogen-bond acceptors (Lipinski definition) is 4. The highest BCUT2D eigenvalue weighted by molar-refractivity contribution is 5.95. The average Bonchev–Trinajstić information content (AvgIpc) is 2.46. The summed E-state index contributed by atoms with van der Waals surface area (Å²) < 4.78 is 0. The number of aliphatic hydroxyl groups is 1. The lowest BCUT2D eigenvalue weighted by Gasteiger charge is -2.33. The summed E-state index contributed by atoms with van der Waals surface area (Å²) in [5, 5.41) is 9.62. The fourth-order valence-corrected chi connectivity index (χ4v) is 2.89. The number of aryl methyl sites for hydroxylation is 1. The van der Waals surface area contributed by atoms with E-state index < -0.39 is 0 Å². The van der Waals surface area contributed by atoms with E-state index in [1.165, 1.54) is 0 Å². The van der Waals surface area contributed by atoms with Crippen molar-refractivity contribution in [1.82, 2.24) is 9.88 Å². The first-order chi connectivity index (χ1) is 10.0. The number of anilines is 1. The highest BCUT2D eigenvalue weighted by Crippen LogP contribution is 2.22. The molecular formula is C16H25N3O2. The number of amides is 1. The normalized spacial score (nSPS) is 17.8. The Morgan fingerprint density at radius 1 is 1.48 bits per heavy atom. The van der Waals surface area contributed by atoms with Gasteiger partial charge in [-0.15, -0.1) is 0 Å². The van der Waals surface area contributed by atoms with Crippen molar-refractivity contribution in [2.24, 2.45) is 5.92 Å². The van der Waals surface area contributed by atoms with Crippen LogP contribution in [0.15, 0.2) is 12.1 Å². The van der Waals surface area contributed by atoms with Crippen LogP contribution >= 0.6 is 0 Å². The number of nitrogen functional groups attached to an aromatic ring is 1. The van der Waals surface area contributed by atoms with E-state index >= 15 is 0 Å². The molecule has 5 heteroatoms. The van der Waals surface area contributed by atoms with E-state index in [-0.39, 0.29) is 12.0 Å². The Kier molecular flexibility index (Phi) is 5.17. The zero-order valence-corrected chi connectivity index (χ0v) is 12.9. The number of pyridine rings is 1. The average molecular weight is 291 g/mol. The van der Waals surface area contributed by atoms with Crippen molar-refractivity contribution in [1.29, 1.82) is 0 Å². The van der Waals surface area contributed by atoms with E-state index in [0.717, 1.165) is 31.4 Å². The minimum absolute atomic E-state index is 0.0190. The topological polar surface area (TPSA) is 79.5 Å². The molecule has 1 saturated heterocycles. The number of hydrogen-bond donors (Lipinski definition) is 2. The van der Waals surface area contributed by atoms with E-state index in [9.17, 15) is 9.90 Å². The summed E-state index contributed by atoms with van der Waals surface area (Å²) in [7, 11) is 0. The Labute approximate surface area is 126 Å². The molecule has 0 radical (unpaired) electrons. The minimum atomic E-state index is -0.296. The van der Waals surface area contributed by atoms with Crippen LogP contribution in [-0.4, -0.2) is 40.1 Å². The van der Waals surface area contributed by atoms with Crippen LogP contribution in [0.2, 0.25) is 0 Å². The molecule has 1 aromatic heterocycles. The first-order valence-corrected chi connectivity index (χ1v) is 7.75. The van der Waals surface area contributed by atoms with E-state index in [1.54, 1.807) is 6.07 Å². The van der Waals surface area contributed by atoms with Crippen molar-refractivity contribution in [2.75, 3.05) is 18.8 Å². The summed E-state index contributed by atoms with van der Waals surface area (Å²) >= 11 is 0. The molecule has 2 heterocycles. The summed E-state index contributed by atoms with van der Waals surface area (Å²) in [6.45, 7) is 5.29. The Morgan fingerprint density at radius 3 is 2.71 bits per heavy atom. The molecule has 0 bridgehead atoms. The second-order valence-electron chi connectivity index (χ2n) is 5.89. The molecule has 0 spiro atoms. The summed E-state index contributed by atoms with van der Waals surface area (Å²) in [6.07, 6.45) is 3.21. The van der Waals surface area contributed by atoms with Gasteiger partial charge in [-0.1, -0.05) is 13.3 Å². The van der Waals surface area contributed by atoms with Crippen molar-refractivity contribution in [3.8, 4) is 0 Å². The number of aromatic nitrogens is 1. The molecule has 1 unspecified atom stereocenters. The highest BCUT2D eigenvalue weighted by atomic mass is 16.3. The van der Waals surface area contributed by atoms with Crippen LogP contribution < -0.4 is 5.73 Å². The van der Waals surface area contributed by atoms with E-state index in [0.29, 0.717) is 30.4 Å². The van der Waals surface area contributed by atoms with Crippen LogP contribution in [0.25, 0.3) is 0 Å². The van der Waals surface area contributed by atoms with E-state index in [4.69, 9.17) is 5.73 Å². The first-order valence-electron chi connectivity index (χ1n) is 7.75. The molecule has 1 amide bonds. The van der Waals surface area contributed by atoms with Gasteiger partial charge in [-0.25, -0.2) is 4.98 Å². The highest BCUT2D eigenvalue weighted by Gasteiger charge is 2.26. The lowest BCUT2D eigenvalue weighted by atomic mass is 9.92. The monoisotopic (exact) mass is 291 g/mol. The van der Waals surface area contributed by atoms with Gasteiger partial charge in [-0.2, -0.15) is 0 Å². The second-order valence-corrected chi connectivity index (χ2v) is 5.89. The molecule has 1 aliphatic rings. The molecular weight excluding hydrogens is 266 g/mol. The van der Waals surface area contributed by atoms with Gasteiger partial charge in [0.2, 0.25) is 0 Å². The number of likely N-dealkylation sites (tertiary alicyclic amines) is 1. The van der Waals surface area contributed by atoms with Crippen LogP contribution in [0, 0.1) is 5.92 Å². The number of carbonyl (C=O) groups is 1. The molecule has 3 N–H and O–H groups in total. The number of piperidine rings is 1. The van der Waals surface area contributed by atoms with Gasteiger partial charge in [0.05, 0.1) is 6.10 Å². The zero-order chi connectivity index (χ0) is 15.4. The molecule has 1 aliphatic heterocycles. The lowest BCUT2D eigenvalue weighted by molar-refractivity contribution is 0.0521. The standard InChI is InChI=1S/C16H25N3O2/c1-3-4-14-9-13(10-15(17)18-14)16(21)19-7-5-12(6-8-19)11(2)20/h9-12,20H,3-8H2,1-2H3,(H2,17,18). The predicted molar refractivity (Wildman–Crippen MR) is 83.0 cm³/mol. The van der Waals surface area contributed by atoms with Crippen molar-refractivity contribution in [3.05, 3.63) is 23.4 Å². The first kappa shape index (κ1) is 15.8. The van der Waals surface area contributed by atoms with Gasteiger partial charge < -0.3 is 15.7 Å². The predicted octanol–water partition coefficient (Wildman–Crippen LogP) is 1.85. The summed E-state index contributed by atoms with van der Waals surface area (Å²) in [5.41, 5.74) is 7.30. The summed E-state index contributed by atoms with van der Waals surface area (Å²) in [5.74, 6) is 0.723. The van der Waals surface area contributed by atoms with Crippen molar-refractivity contribution >= 4 is 11.7 Å². The Hall–Kier alpha value is -1.62. The number of nitrogens with zero attached hydrogens (tertiary/aromatic N) is 2. The van der Waals surface area contributed by atoms with E-state index in [2.05, 4.69) is 11.9 Å². The largest absolute Gasteiger partial charge is 0.393 e. The zero-order valence-electron chi connectivity index (χ0n) is 12.9. The van der Waals surface area contributed by atoms with Gasteiger partial charge in [0.1, 0.15) is 5.82 Å². The SMILES string of the molecule is CCCc1cc(C(=O)N2CCC(C(C)O)CC2)cc(N)n1. The van der Waals surface area contributed by atoms with Crippen LogP contribution in [0.3, 0.4) is 0 Å². The molecule has 1 aromatic rings. The van der Waals surface area contributed by atoms with Gasteiger partial charge in [0.15, 0.2) is 0 Å². The number of carbonyl (C=O) groups excluding carboxylic acids is 1. The van der Waals surface area contributed by atoms with Gasteiger partial charge >= 0.3 is 0 Å². The molecule has 0 aromatic carbocycles. The van der Waals surface area contributed by atoms with Gasteiger partial charge in [0, 0.05) is 24.3 Å². The van der Waals surface area contributed by atoms with Gasteiger partial charge in [0.25, 0.3) is 5.91 Å². The maximum Gasteiger partial charge on any atom is 0.254 e. The number of aliphatic hydroxyl groups excluding tert-OH is 1. The summed E-state index contributed by atoms with van der Waals surface area (Å²) in [6, 6.07) is 3.51. The third kappa shape index (κ3) is 3.94. The fraction of sp³-hybridized carbons (Fsp3) is 0.625. The molecule has 1 fully saturated rings. The second kappa shape index (κ2) is 6.89. The van der Waals surface area contributed by atoms with Gasteiger partial charge in [-0.3, -0.25) is 4.79 Å². The van der Waals surface area contributed by atoms with Crippen LogP contribution in [-0.2, 0) is 6.42 Å². The lowest BCUT2D eigenvalue weighted by Crippen LogP contribution is -2.40. The minimum Gasteiger partial charge on any atom is -0.393 e. The van der Waals surface area contributed by atoms with Crippen LogP contribution in [0.5, 0.6) is 0 Å². The maximum absolute atomic E-state index is 12.6. The Morgan fingerprint density at radius 2 is 2.14 bits per heavy atom. The van der Waals surface area contributed by atoms with Crippen molar-refractivity contribution in [3.63, 3.8) is 0 Å².